The highest BCUT2D eigenvalue weighted by Gasteiger charge is 2.55. The number of hydrogen-bond acceptors (Lipinski definition) is 10. The molecule has 0 saturated carbocycles. The second kappa shape index (κ2) is 12.9. The second-order valence-electron chi connectivity index (χ2n) is 11.0. The van der Waals surface area contributed by atoms with Crippen LogP contribution in [0.5, 0.6) is 0 Å². The number of anilines is 2. The average Bonchev–Trinajstić information content (AvgIpc) is 3.36. The number of nitrogens with one attached hydrogen (secondary N) is 1. The van der Waals surface area contributed by atoms with Crippen molar-refractivity contribution in [3.63, 3.8) is 0 Å². The third kappa shape index (κ3) is 6.40. The molecule has 0 radical (unpaired) electrons. The molecule has 4 heterocycles. The van der Waals surface area contributed by atoms with Gasteiger partial charge in [0.15, 0.2) is 23.8 Å². The molecule has 3 aromatic rings. The molecule has 0 spiro atoms. The Morgan fingerprint density at radius 3 is 2.07 bits per heavy atom. The minimum Gasteiger partial charge on any atom is -0.394 e. The van der Waals surface area contributed by atoms with E-state index in [2.05, 4.69) is 15.3 Å². The van der Waals surface area contributed by atoms with Gasteiger partial charge in [0.05, 0.1) is 12.7 Å². The molecular formula is C29H36F2N6O7. The quantitative estimate of drug-likeness (QED) is 0.319. The molecule has 2 unspecified atom stereocenters. The fourth-order valence-corrected chi connectivity index (χ4v) is 5.20. The Balaban J connectivity index is 0.000000215. The first-order valence-corrected chi connectivity index (χ1v) is 14.0. The Bertz CT molecular complexity index is 1580. The first-order valence-electron chi connectivity index (χ1n) is 14.0. The number of nitrogen functional groups attached to an aromatic ring is 1. The lowest BCUT2D eigenvalue weighted by atomic mass is 9.88. The maximum Gasteiger partial charge on any atom is 0.351 e. The Morgan fingerprint density at radius 2 is 1.55 bits per heavy atom. The van der Waals surface area contributed by atoms with Gasteiger partial charge in [0.25, 0.3) is 5.91 Å². The zero-order valence-electron chi connectivity index (χ0n) is 24.6. The number of nitrogens with zero attached hydrogens (tertiary/aromatic N) is 4. The lowest BCUT2D eigenvalue weighted by Gasteiger charge is -2.25. The van der Waals surface area contributed by atoms with Crippen LogP contribution in [0.4, 0.5) is 20.4 Å². The number of aromatic nitrogens is 4. The lowest BCUT2D eigenvalue weighted by molar-refractivity contribution is -0.0610. The highest BCUT2D eigenvalue weighted by atomic mass is 19.1. The molecular weight excluding hydrogens is 582 g/mol. The van der Waals surface area contributed by atoms with E-state index in [0.29, 0.717) is 12.0 Å². The van der Waals surface area contributed by atoms with Gasteiger partial charge in [0, 0.05) is 23.9 Å². The Morgan fingerprint density at radius 1 is 0.977 bits per heavy atom. The summed E-state index contributed by atoms with van der Waals surface area (Å²) in [5.74, 6) is -0.600. The number of halogens is 2. The van der Waals surface area contributed by atoms with Crippen molar-refractivity contribution < 1.29 is 33.3 Å². The number of carbonyl (C=O) groups excluding carboxylic acids is 1. The van der Waals surface area contributed by atoms with Crippen molar-refractivity contribution >= 4 is 17.5 Å². The van der Waals surface area contributed by atoms with Crippen LogP contribution >= 0.6 is 0 Å². The smallest absolute Gasteiger partial charge is 0.351 e. The van der Waals surface area contributed by atoms with Crippen LogP contribution < -0.4 is 22.4 Å². The topological polar surface area (TPSA) is 184 Å². The van der Waals surface area contributed by atoms with Crippen molar-refractivity contribution in [1.29, 1.82) is 0 Å². The van der Waals surface area contributed by atoms with E-state index in [-0.39, 0.29) is 29.6 Å². The van der Waals surface area contributed by atoms with Gasteiger partial charge in [-0.3, -0.25) is 13.9 Å². The number of ether oxygens (including phenoxy) is 2. The highest BCUT2D eigenvalue weighted by molar-refractivity contribution is 6.03. The van der Waals surface area contributed by atoms with Crippen molar-refractivity contribution in [2.75, 3.05) is 17.7 Å². The number of benzene rings is 1. The van der Waals surface area contributed by atoms with Crippen molar-refractivity contribution in [3.8, 4) is 0 Å². The predicted octanol–water partition coefficient (Wildman–Crippen LogP) is 1.97. The van der Waals surface area contributed by atoms with E-state index < -0.39 is 54.0 Å². The SMILES string of the molecule is CC1(F)[C@@H](O)[C@@H](CO)O[C@H]1n1ccc(N)nc1=O.CC[C@H]1O[C@@H](n2ccc(NC(=O)c3ccccc3)nc2=O)C(C)(F)[C@H]1C. The number of aliphatic hydroxyl groups excluding tert-OH is 2. The van der Waals surface area contributed by atoms with E-state index >= 15 is 4.39 Å². The first kappa shape index (κ1) is 32.9. The van der Waals surface area contributed by atoms with Gasteiger partial charge < -0.3 is 30.7 Å². The van der Waals surface area contributed by atoms with Crippen LogP contribution in [-0.2, 0) is 9.47 Å². The summed E-state index contributed by atoms with van der Waals surface area (Å²) in [5, 5.41) is 21.2. The Labute approximate surface area is 251 Å². The monoisotopic (exact) mass is 618 g/mol. The summed E-state index contributed by atoms with van der Waals surface area (Å²) in [4.78, 5) is 43.4. The van der Waals surface area contributed by atoms with E-state index in [0.717, 1.165) is 16.1 Å². The predicted molar refractivity (Wildman–Crippen MR) is 155 cm³/mol. The largest absolute Gasteiger partial charge is 0.394 e. The highest BCUT2D eigenvalue weighted by Crippen LogP contribution is 2.45. The standard InChI is InChI=1S/C19H22FN3O3.C10H14FN3O4/c1-4-14-12(2)19(3,20)17(26-14)23-11-10-15(22-18(23)25)21-16(24)13-8-6-5-7-9-13;1-10(11)7(16)5(4-15)18-8(10)14-3-2-6(12)13-9(14)17/h5-12,14,17H,4H2,1-3H3,(H,21,22,24,25);2-3,5,7-8,15-16H,4H2,1H3,(H2,12,13,17)/t12-,14+,17+,19?;5-,7+,8-,10?/m01/s1. The molecule has 44 heavy (non-hydrogen) atoms. The summed E-state index contributed by atoms with van der Waals surface area (Å²) >= 11 is 0. The summed E-state index contributed by atoms with van der Waals surface area (Å²) in [5.41, 5.74) is 0.417. The molecule has 1 aromatic carbocycles. The summed E-state index contributed by atoms with van der Waals surface area (Å²) in [6.45, 7) is 5.69. The van der Waals surface area contributed by atoms with Crippen molar-refractivity contribution in [1.82, 2.24) is 19.1 Å². The summed E-state index contributed by atoms with van der Waals surface area (Å²) in [6.07, 6.45) is -1.98. The average molecular weight is 619 g/mol. The third-order valence-corrected chi connectivity index (χ3v) is 8.00. The molecule has 2 fully saturated rings. The van der Waals surface area contributed by atoms with E-state index in [1.807, 2.05) is 6.92 Å². The zero-order valence-corrected chi connectivity index (χ0v) is 24.6. The third-order valence-electron chi connectivity index (χ3n) is 8.00. The fraction of sp³-hybridized carbons (Fsp3) is 0.483. The van der Waals surface area contributed by atoms with Gasteiger partial charge in [-0.2, -0.15) is 9.97 Å². The maximum atomic E-state index is 15.1. The van der Waals surface area contributed by atoms with Crippen molar-refractivity contribution in [2.45, 2.75) is 76.2 Å². The van der Waals surface area contributed by atoms with E-state index in [1.165, 1.54) is 31.5 Å². The number of aliphatic hydroxyl groups is 2. The van der Waals surface area contributed by atoms with Crippen molar-refractivity contribution in [2.24, 2.45) is 5.92 Å². The van der Waals surface area contributed by atoms with Gasteiger partial charge in [-0.15, -0.1) is 0 Å². The van der Waals surface area contributed by atoms with Gasteiger partial charge in [-0.05, 0) is 44.5 Å². The summed E-state index contributed by atoms with van der Waals surface area (Å²) in [7, 11) is 0. The van der Waals surface area contributed by atoms with Crippen LogP contribution in [0.1, 0.15) is 56.9 Å². The summed E-state index contributed by atoms with van der Waals surface area (Å²) in [6, 6.07) is 11.4. The van der Waals surface area contributed by atoms with Crippen LogP contribution in [0.2, 0.25) is 0 Å². The molecule has 5 rings (SSSR count). The molecule has 238 valence electrons. The lowest BCUT2D eigenvalue weighted by Crippen LogP contribution is -2.42. The first-order chi connectivity index (χ1) is 20.7. The number of hydrogen-bond donors (Lipinski definition) is 4. The van der Waals surface area contributed by atoms with E-state index in [1.54, 1.807) is 37.3 Å². The number of amides is 1. The molecule has 2 aliphatic heterocycles. The molecule has 0 aliphatic carbocycles. The van der Waals surface area contributed by atoms with Crippen LogP contribution in [0.25, 0.3) is 0 Å². The minimum absolute atomic E-state index is 0.00839. The molecule has 2 aliphatic rings. The zero-order chi connectivity index (χ0) is 32.4. The molecule has 1 amide bonds. The van der Waals surface area contributed by atoms with Gasteiger partial charge in [0.1, 0.15) is 23.8 Å². The van der Waals surface area contributed by atoms with E-state index in [4.69, 9.17) is 20.3 Å². The molecule has 0 bridgehead atoms. The van der Waals surface area contributed by atoms with Crippen LogP contribution in [0.3, 0.4) is 0 Å². The Hall–Kier alpha value is -4.05. The summed E-state index contributed by atoms with van der Waals surface area (Å²) < 4.78 is 42.4. The molecule has 13 nitrogen and oxygen atoms in total. The normalized spacial score (nSPS) is 31.3. The number of rotatable bonds is 6. The van der Waals surface area contributed by atoms with Crippen LogP contribution in [0.15, 0.2) is 64.4 Å². The molecule has 2 aromatic heterocycles. The van der Waals surface area contributed by atoms with Gasteiger partial charge in [0.2, 0.25) is 0 Å². The number of nitrogens with two attached hydrogens (primary N) is 1. The Kier molecular flexibility index (Phi) is 9.63. The number of alkyl halides is 2. The molecule has 5 N–H and O–H groups in total. The number of carbonyl (C=O) groups is 1. The second-order valence-corrected chi connectivity index (χ2v) is 11.0. The molecule has 2 saturated heterocycles. The minimum atomic E-state index is -2.21. The van der Waals surface area contributed by atoms with E-state index in [9.17, 15) is 23.9 Å². The molecule has 15 heteroatoms. The van der Waals surface area contributed by atoms with Gasteiger partial charge in [-0.1, -0.05) is 32.0 Å². The van der Waals surface area contributed by atoms with Crippen LogP contribution in [0, 0.1) is 5.92 Å². The van der Waals surface area contributed by atoms with Gasteiger partial charge >= 0.3 is 11.4 Å². The van der Waals surface area contributed by atoms with Crippen LogP contribution in [-0.4, -0.2) is 71.5 Å². The van der Waals surface area contributed by atoms with Gasteiger partial charge in [-0.25, -0.2) is 18.4 Å². The van der Waals surface area contributed by atoms with Crippen molar-refractivity contribution in [3.05, 3.63) is 81.4 Å². The fourth-order valence-electron chi connectivity index (χ4n) is 5.20. The maximum absolute atomic E-state index is 15.1. The molecule has 8 atom stereocenters.